The Kier molecular flexibility index (Phi) is 6.32. The average molecular weight is 465 g/mol. The lowest BCUT2D eigenvalue weighted by Gasteiger charge is -2.32. The van der Waals surface area contributed by atoms with E-state index in [1.807, 2.05) is 13.0 Å². The number of benzene rings is 1. The van der Waals surface area contributed by atoms with Crippen LogP contribution in [0, 0.1) is 0 Å². The first-order valence-electron chi connectivity index (χ1n) is 10.4. The van der Waals surface area contributed by atoms with Crippen LogP contribution < -0.4 is 15.1 Å². The molecular formula is C22H23F3N4O2S. The molecule has 2 atom stereocenters. The van der Waals surface area contributed by atoms with Gasteiger partial charge in [0.25, 0.3) is 5.91 Å². The largest absolute Gasteiger partial charge is 0.446 e. The summed E-state index contributed by atoms with van der Waals surface area (Å²) in [5, 5.41) is 2.75. The van der Waals surface area contributed by atoms with Crippen molar-refractivity contribution in [3.8, 4) is 0 Å². The molecule has 2 unspecified atom stereocenters. The van der Waals surface area contributed by atoms with Crippen LogP contribution in [0.1, 0.15) is 37.7 Å². The highest BCUT2D eigenvalue weighted by atomic mass is 32.2. The zero-order valence-electron chi connectivity index (χ0n) is 17.4. The number of thioether (sulfide) groups is 1. The number of hydrogen-bond acceptors (Lipinski definition) is 5. The molecule has 0 saturated carbocycles. The Bertz CT molecular complexity index is 993. The van der Waals surface area contributed by atoms with Crippen molar-refractivity contribution in [2.24, 2.45) is 0 Å². The van der Waals surface area contributed by atoms with Gasteiger partial charge in [-0.3, -0.25) is 9.78 Å². The maximum atomic E-state index is 13.2. The van der Waals surface area contributed by atoms with Gasteiger partial charge in [0.2, 0.25) is 0 Å². The van der Waals surface area contributed by atoms with Gasteiger partial charge in [-0.05, 0) is 66.9 Å². The number of amides is 3. The van der Waals surface area contributed by atoms with E-state index in [2.05, 4.69) is 15.2 Å². The van der Waals surface area contributed by atoms with Gasteiger partial charge in [-0.15, -0.1) is 0 Å². The summed E-state index contributed by atoms with van der Waals surface area (Å²) in [7, 11) is 0. The molecule has 2 aromatic rings. The second kappa shape index (κ2) is 9.01. The molecule has 1 aromatic carbocycles. The van der Waals surface area contributed by atoms with Crippen molar-refractivity contribution in [2.75, 3.05) is 22.9 Å². The van der Waals surface area contributed by atoms with Crippen LogP contribution in [-0.2, 0) is 4.79 Å². The molecule has 2 aliphatic rings. The van der Waals surface area contributed by atoms with Crippen molar-refractivity contribution in [1.82, 2.24) is 10.3 Å². The minimum Gasteiger partial charge on any atom is -0.370 e. The molecule has 2 fully saturated rings. The highest BCUT2D eigenvalue weighted by Gasteiger charge is 2.43. The standard InChI is InChI=1S/C22H23F3N4O2S/c1-14(17-9-10-26-13-18(17)28-11-3-2-4-12-28)19-20(30)29(21(31)27-19)15-5-7-16(8-6-15)32-22(23,24)25/h5-10,13-14,19H,2-4,11-12H2,1H3,(H,27,31). The molecule has 0 radical (unpaired) electrons. The molecule has 32 heavy (non-hydrogen) atoms. The third-order valence-electron chi connectivity index (χ3n) is 5.82. The Morgan fingerprint density at radius 1 is 1.09 bits per heavy atom. The predicted molar refractivity (Wildman–Crippen MR) is 117 cm³/mol. The minimum absolute atomic E-state index is 0.0128. The van der Waals surface area contributed by atoms with E-state index in [4.69, 9.17) is 0 Å². The lowest BCUT2D eigenvalue weighted by Crippen LogP contribution is -2.36. The van der Waals surface area contributed by atoms with Crippen molar-refractivity contribution in [1.29, 1.82) is 0 Å². The van der Waals surface area contributed by atoms with Crippen molar-refractivity contribution in [2.45, 2.75) is 48.5 Å². The quantitative estimate of drug-likeness (QED) is 0.503. The SMILES string of the molecule is CC(c1ccncc1N1CCCCC1)C1NC(=O)N(c2ccc(SC(F)(F)F)cc2)C1=O. The van der Waals surface area contributed by atoms with Gasteiger partial charge in [-0.1, -0.05) is 6.92 Å². The number of carbonyl (C=O) groups is 2. The second-order valence-electron chi connectivity index (χ2n) is 7.91. The summed E-state index contributed by atoms with van der Waals surface area (Å²) < 4.78 is 37.7. The first kappa shape index (κ1) is 22.4. The van der Waals surface area contributed by atoms with Gasteiger partial charge in [0.15, 0.2) is 0 Å². The molecule has 4 rings (SSSR count). The van der Waals surface area contributed by atoms with Gasteiger partial charge in [0.05, 0.1) is 17.6 Å². The molecule has 3 heterocycles. The fourth-order valence-electron chi connectivity index (χ4n) is 4.24. The molecule has 3 amide bonds. The molecule has 170 valence electrons. The van der Waals surface area contributed by atoms with Gasteiger partial charge in [-0.25, -0.2) is 9.69 Å². The normalized spacial score (nSPS) is 20.4. The number of anilines is 2. The first-order chi connectivity index (χ1) is 15.2. The molecule has 0 spiro atoms. The van der Waals surface area contributed by atoms with Crippen molar-refractivity contribution in [3.63, 3.8) is 0 Å². The molecule has 1 aromatic heterocycles. The highest BCUT2D eigenvalue weighted by Crippen LogP contribution is 2.38. The summed E-state index contributed by atoms with van der Waals surface area (Å²) in [6.45, 7) is 3.73. The number of imide groups is 1. The number of hydrogen-bond donors (Lipinski definition) is 1. The monoisotopic (exact) mass is 464 g/mol. The average Bonchev–Trinajstić information content (AvgIpc) is 3.07. The summed E-state index contributed by atoms with van der Waals surface area (Å²) in [6, 6.07) is 5.72. The van der Waals surface area contributed by atoms with E-state index in [1.165, 1.54) is 30.7 Å². The van der Waals surface area contributed by atoms with Crippen molar-refractivity contribution < 1.29 is 22.8 Å². The van der Waals surface area contributed by atoms with E-state index in [0.29, 0.717) is 0 Å². The number of nitrogens with one attached hydrogen (secondary N) is 1. The second-order valence-corrected chi connectivity index (χ2v) is 9.05. The maximum absolute atomic E-state index is 13.2. The van der Waals surface area contributed by atoms with Gasteiger partial charge in [0.1, 0.15) is 6.04 Å². The first-order valence-corrected chi connectivity index (χ1v) is 11.3. The van der Waals surface area contributed by atoms with Gasteiger partial charge >= 0.3 is 11.5 Å². The van der Waals surface area contributed by atoms with Crippen LogP contribution in [0.25, 0.3) is 0 Å². The number of carbonyl (C=O) groups excluding carboxylic acids is 2. The van der Waals surface area contributed by atoms with E-state index < -0.39 is 23.5 Å². The van der Waals surface area contributed by atoms with Crippen LogP contribution in [0.5, 0.6) is 0 Å². The van der Waals surface area contributed by atoms with Crippen LogP contribution in [0.2, 0.25) is 0 Å². The summed E-state index contributed by atoms with van der Waals surface area (Å²) in [4.78, 5) is 33.3. The Morgan fingerprint density at radius 2 is 1.78 bits per heavy atom. The van der Waals surface area contributed by atoms with Gasteiger partial charge in [0, 0.05) is 30.1 Å². The van der Waals surface area contributed by atoms with E-state index in [-0.39, 0.29) is 28.3 Å². The highest BCUT2D eigenvalue weighted by molar-refractivity contribution is 8.00. The lowest BCUT2D eigenvalue weighted by molar-refractivity contribution is -0.118. The molecular weight excluding hydrogens is 441 g/mol. The van der Waals surface area contributed by atoms with E-state index in [1.54, 1.807) is 12.4 Å². The Morgan fingerprint density at radius 3 is 2.44 bits per heavy atom. The number of piperidine rings is 1. The molecule has 2 aliphatic heterocycles. The fourth-order valence-corrected chi connectivity index (χ4v) is 4.78. The Balaban J connectivity index is 1.54. The van der Waals surface area contributed by atoms with E-state index in [9.17, 15) is 22.8 Å². The smallest absolute Gasteiger partial charge is 0.370 e. The van der Waals surface area contributed by atoms with Crippen LogP contribution >= 0.6 is 11.8 Å². The molecule has 6 nitrogen and oxygen atoms in total. The molecule has 2 saturated heterocycles. The number of aromatic nitrogens is 1. The molecule has 0 bridgehead atoms. The van der Waals surface area contributed by atoms with Crippen LogP contribution in [-0.4, -0.2) is 41.6 Å². The topological polar surface area (TPSA) is 65.5 Å². The van der Waals surface area contributed by atoms with Crippen LogP contribution in [0.15, 0.2) is 47.6 Å². The Hall–Kier alpha value is -2.75. The predicted octanol–water partition coefficient (Wildman–Crippen LogP) is 4.91. The summed E-state index contributed by atoms with van der Waals surface area (Å²) in [5.41, 5.74) is -2.27. The number of halogens is 3. The van der Waals surface area contributed by atoms with Crippen LogP contribution in [0.3, 0.4) is 0 Å². The maximum Gasteiger partial charge on any atom is 0.446 e. The fraction of sp³-hybridized carbons (Fsp3) is 0.409. The van der Waals surface area contributed by atoms with Crippen molar-refractivity contribution >= 4 is 35.1 Å². The zero-order chi connectivity index (χ0) is 22.9. The number of rotatable bonds is 5. The lowest BCUT2D eigenvalue weighted by atomic mass is 9.91. The van der Waals surface area contributed by atoms with E-state index >= 15 is 0 Å². The molecule has 1 N–H and O–H groups in total. The third-order valence-corrected chi connectivity index (χ3v) is 6.56. The number of pyridine rings is 1. The number of urea groups is 1. The molecule has 10 heteroatoms. The van der Waals surface area contributed by atoms with Gasteiger partial charge in [-0.2, -0.15) is 13.2 Å². The summed E-state index contributed by atoms with van der Waals surface area (Å²) in [5.74, 6) is -0.739. The summed E-state index contributed by atoms with van der Waals surface area (Å²) >= 11 is -0.243. The number of alkyl halides is 3. The minimum atomic E-state index is -4.40. The van der Waals surface area contributed by atoms with Gasteiger partial charge < -0.3 is 10.2 Å². The van der Waals surface area contributed by atoms with E-state index in [0.717, 1.165) is 42.1 Å². The molecule has 0 aliphatic carbocycles. The zero-order valence-corrected chi connectivity index (χ0v) is 18.2. The number of nitrogens with zero attached hydrogens (tertiary/aromatic N) is 3. The third kappa shape index (κ3) is 4.69. The Labute approximate surface area is 188 Å². The summed E-state index contributed by atoms with van der Waals surface area (Å²) in [6.07, 6.45) is 6.85. The van der Waals surface area contributed by atoms with Crippen molar-refractivity contribution in [3.05, 3.63) is 48.3 Å². The van der Waals surface area contributed by atoms with Crippen LogP contribution in [0.4, 0.5) is 29.3 Å².